The summed E-state index contributed by atoms with van der Waals surface area (Å²) in [7, 11) is 1.23. The fraction of sp³-hybridized carbons (Fsp3) is 0.125. The van der Waals surface area contributed by atoms with Crippen LogP contribution in [0.15, 0.2) is 46.9 Å². The number of nitro groups is 1. The van der Waals surface area contributed by atoms with Crippen molar-refractivity contribution in [3.8, 4) is 5.75 Å². The predicted octanol–water partition coefficient (Wildman–Crippen LogP) is 3.16. The van der Waals surface area contributed by atoms with Crippen LogP contribution in [-0.2, 0) is 9.53 Å². The number of carbonyl (C=O) groups is 2. The molecule has 0 bridgehead atoms. The second kappa shape index (κ2) is 8.25. The molecule has 0 spiro atoms. The minimum atomic E-state index is -0.615. The molecule has 9 heteroatoms. The van der Waals surface area contributed by atoms with Gasteiger partial charge in [0.15, 0.2) is 12.4 Å². The number of para-hydroxylation sites is 2. The van der Waals surface area contributed by atoms with Gasteiger partial charge in [0.1, 0.15) is 0 Å². The lowest BCUT2D eigenvalue weighted by Gasteiger charge is -2.11. The summed E-state index contributed by atoms with van der Waals surface area (Å²) in [5, 5.41) is 13.4. The number of esters is 1. The summed E-state index contributed by atoms with van der Waals surface area (Å²) in [6.45, 7) is -0.457. The van der Waals surface area contributed by atoms with Crippen LogP contribution in [-0.4, -0.2) is 30.5 Å². The Morgan fingerprint density at radius 3 is 2.64 bits per heavy atom. The van der Waals surface area contributed by atoms with Crippen molar-refractivity contribution in [2.24, 2.45) is 0 Å². The molecule has 0 saturated heterocycles. The molecule has 2 aromatic carbocycles. The topological polar surface area (TPSA) is 108 Å². The number of halogens is 1. The van der Waals surface area contributed by atoms with Crippen LogP contribution in [0.3, 0.4) is 0 Å². The fourth-order valence-electron chi connectivity index (χ4n) is 1.96. The maximum Gasteiger partial charge on any atom is 0.340 e. The standard InChI is InChI=1S/C16H13BrN2O6/c1-24-16(21)11-8-10(17)6-7-12(11)18-15(20)9-25-14-5-3-2-4-13(14)19(22)23/h2-8H,9H2,1H3,(H,18,20). The molecule has 0 aliphatic heterocycles. The van der Waals surface area contributed by atoms with Gasteiger partial charge in [-0.05, 0) is 24.3 Å². The number of ether oxygens (including phenoxy) is 2. The zero-order chi connectivity index (χ0) is 18.4. The fourth-order valence-corrected chi connectivity index (χ4v) is 2.33. The maximum atomic E-state index is 12.0. The van der Waals surface area contributed by atoms with Crippen molar-refractivity contribution in [3.05, 3.63) is 62.6 Å². The summed E-state index contributed by atoms with van der Waals surface area (Å²) < 4.78 is 10.5. The summed E-state index contributed by atoms with van der Waals surface area (Å²) in [6.07, 6.45) is 0. The molecule has 130 valence electrons. The maximum absolute atomic E-state index is 12.0. The lowest BCUT2D eigenvalue weighted by Crippen LogP contribution is -2.22. The molecule has 0 radical (unpaired) electrons. The van der Waals surface area contributed by atoms with E-state index in [0.717, 1.165) is 0 Å². The van der Waals surface area contributed by atoms with Crippen LogP contribution in [0, 0.1) is 10.1 Å². The molecule has 2 rings (SSSR count). The molecule has 0 aliphatic carbocycles. The quantitative estimate of drug-likeness (QED) is 0.446. The first-order chi connectivity index (χ1) is 11.9. The molecule has 0 aromatic heterocycles. The first kappa shape index (κ1) is 18.4. The Kier molecular flexibility index (Phi) is 6.07. The van der Waals surface area contributed by atoms with Crippen molar-refractivity contribution < 1.29 is 24.0 Å². The zero-order valence-corrected chi connectivity index (χ0v) is 14.6. The molecule has 0 saturated carbocycles. The SMILES string of the molecule is COC(=O)c1cc(Br)ccc1NC(=O)COc1ccccc1[N+](=O)[O-]. The van der Waals surface area contributed by atoms with Crippen LogP contribution in [0.1, 0.15) is 10.4 Å². The highest BCUT2D eigenvalue weighted by Gasteiger charge is 2.17. The van der Waals surface area contributed by atoms with Gasteiger partial charge in [-0.15, -0.1) is 0 Å². The number of methoxy groups -OCH3 is 1. The van der Waals surface area contributed by atoms with Crippen molar-refractivity contribution in [1.29, 1.82) is 0 Å². The van der Waals surface area contributed by atoms with E-state index in [1.54, 1.807) is 12.1 Å². The summed E-state index contributed by atoms with van der Waals surface area (Å²) in [6, 6.07) is 10.4. The zero-order valence-electron chi connectivity index (χ0n) is 13.0. The Morgan fingerprint density at radius 2 is 1.96 bits per heavy atom. The van der Waals surface area contributed by atoms with Crippen LogP contribution < -0.4 is 10.1 Å². The van der Waals surface area contributed by atoms with Gasteiger partial charge in [-0.1, -0.05) is 28.1 Å². The third-order valence-corrected chi connectivity index (χ3v) is 3.57. The van der Waals surface area contributed by atoms with Gasteiger partial charge < -0.3 is 14.8 Å². The second-order valence-electron chi connectivity index (χ2n) is 4.74. The normalized spacial score (nSPS) is 10.0. The lowest BCUT2D eigenvalue weighted by molar-refractivity contribution is -0.385. The molecule has 2 aromatic rings. The number of carbonyl (C=O) groups excluding carboxylic acids is 2. The van der Waals surface area contributed by atoms with Crippen LogP contribution >= 0.6 is 15.9 Å². The van der Waals surface area contributed by atoms with Crippen LogP contribution in [0.25, 0.3) is 0 Å². The molecular formula is C16H13BrN2O6. The third-order valence-electron chi connectivity index (χ3n) is 3.08. The minimum Gasteiger partial charge on any atom is -0.477 e. The van der Waals surface area contributed by atoms with Gasteiger partial charge in [0.2, 0.25) is 0 Å². The van der Waals surface area contributed by atoms with Crippen LogP contribution in [0.5, 0.6) is 5.75 Å². The van der Waals surface area contributed by atoms with E-state index in [1.165, 1.54) is 37.4 Å². The summed E-state index contributed by atoms with van der Waals surface area (Å²) in [5.41, 5.74) is 0.163. The summed E-state index contributed by atoms with van der Waals surface area (Å²) in [5.74, 6) is -1.21. The average molecular weight is 409 g/mol. The van der Waals surface area contributed by atoms with Crippen molar-refractivity contribution in [2.75, 3.05) is 19.0 Å². The van der Waals surface area contributed by atoms with E-state index in [2.05, 4.69) is 26.0 Å². The lowest BCUT2D eigenvalue weighted by atomic mass is 10.2. The van der Waals surface area contributed by atoms with E-state index < -0.39 is 23.4 Å². The largest absolute Gasteiger partial charge is 0.477 e. The molecule has 0 heterocycles. The van der Waals surface area contributed by atoms with Gasteiger partial charge in [0.05, 0.1) is 23.3 Å². The van der Waals surface area contributed by atoms with E-state index in [0.29, 0.717) is 4.47 Å². The predicted molar refractivity (Wildman–Crippen MR) is 92.7 cm³/mol. The smallest absolute Gasteiger partial charge is 0.340 e. The van der Waals surface area contributed by atoms with Crippen molar-refractivity contribution in [3.63, 3.8) is 0 Å². The highest BCUT2D eigenvalue weighted by molar-refractivity contribution is 9.10. The number of nitrogens with one attached hydrogen (secondary N) is 1. The number of rotatable bonds is 6. The van der Waals surface area contributed by atoms with E-state index in [4.69, 9.17) is 4.74 Å². The van der Waals surface area contributed by atoms with E-state index in [9.17, 15) is 19.7 Å². The second-order valence-corrected chi connectivity index (χ2v) is 5.66. The monoisotopic (exact) mass is 408 g/mol. The highest BCUT2D eigenvalue weighted by Crippen LogP contribution is 2.26. The van der Waals surface area contributed by atoms with Gasteiger partial charge in [-0.25, -0.2) is 4.79 Å². The number of hydrogen-bond donors (Lipinski definition) is 1. The first-order valence-corrected chi connectivity index (χ1v) is 7.75. The number of hydrogen-bond acceptors (Lipinski definition) is 6. The van der Waals surface area contributed by atoms with Crippen molar-refractivity contribution in [2.45, 2.75) is 0 Å². The molecule has 8 nitrogen and oxygen atoms in total. The van der Waals surface area contributed by atoms with Gasteiger partial charge >= 0.3 is 11.7 Å². The van der Waals surface area contributed by atoms with Crippen LogP contribution in [0.2, 0.25) is 0 Å². The highest BCUT2D eigenvalue weighted by atomic mass is 79.9. The van der Waals surface area contributed by atoms with Crippen molar-refractivity contribution in [1.82, 2.24) is 0 Å². The first-order valence-electron chi connectivity index (χ1n) is 6.96. The van der Waals surface area contributed by atoms with E-state index >= 15 is 0 Å². The summed E-state index contributed by atoms with van der Waals surface area (Å²) in [4.78, 5) is 34.1. The van der Waals surface area contributed by atoms with Gasteiger partial charge in [0, 0.05) is 10.5 Å². The molecule has 0 unspecified atom stereocenters. The molecule has 0 fully saturated rings. The third kappa shape index (κ3) is 4.77. The van der Waals surface area contributed by atoms with E-state index in [1.807, 2.05) is 0 Å². The molecule has 1 N–H and O–H groups in total. The average Bonchev–Trinajstić information content (AvgIpc) is 2.61. The number of amides is 1. The number of nitrogens with zero attached hydrogens (tertiary/aromatic N) is 1. The Labute approximate surface area is 151 Å². The molecule has 0 atom stereocenters. The number of benzene rings is 2. The Bertz CT molecular complexity index is 824. The molecule has 25 heavy (non-hydrogen) atoms. The van der Waals surface area contributed by atoms with Crippen LogP contribution in [0.4, 0.5) is 11.4 Å². The van der Waals surface area contributed by atoms with Gasteiger partial charge in [-0.2, -0.15) is 0 Å². The Hall–Kier alpha value is -2.94. The molecule has 0 aliphatic rings. The molecule has 1 amide bonds. The van der Waals surface area contributed by atoms with E-state index in [-0.39, 0.29) is 22.7 Å². The Morgan fingerprint density at radius 1 is 1.24 bits per heavy atom. The van der Waals surface area contributed by atoms with Gasteiger partial charge in [0.25, 0.3) is 5.91 Å². The molecular weight excluding hydrogens is 396 g/mol. The minimum absolute atomic E-state index is 0.0216. The van der Waals surface area contributed by atoms with Crippen molar-refractivity contribution >= 4 is 39.2 Å². The Balaban J connectivity index is 2.09. The van der Waals surface area contributed by atoms with Gasteiger partial charge in [-0.3, -0.25) is 14.9 Å². The number of anilines is 1. The number of nitro benzene ring substituents is 1. The summed E-state index contributed by atoms with van der Waals surface area (Å²) >= 11 is 3.23.